The fraction of sp³-hybridized carbons (Fsp3) is 0.350. The molecular formula is C20H23NO5. The number of hydrogen-bond acceptors (Lipinski definition) is 5. The molecule has 0 radical (unpaired) electrons. The van der Waals surface area contributed by atoms with Crippen molar-refractivity contribution >= 4 is 17.7 Å². The average Bonchev–Trinajstić information content (AvgIpc) is 3.10. The summed E-state index contributed by atoms with van der Waals surface area (Å²) in [5.74, 6) is -0.162. The number of furan rings is 1. The highest BCUT2D eigenvalue weighted by atomic mass is 16.5. The molecule has 0 bridgehead atoms. The number of carbonyl (C=O) groups excluding carboxylic acids is 3. The highest BCUT2D eigenvalue weighted by molar-refractivity contribution is 5.95. The van der Waals surface area contributed by atoms with Gasteiger partial charge in [-0.3, -0.25) is 9.59 Å². The maximum absolute atomic E-state index is 12.4. The van der Waals surface area contributed by atoms with E-state index >= 15 is 0 Å². The van der Waals surface area contributed by atoms with Gasteiger partial charge in [0, 0.05) is 11.1 Å². The van der Waals surface area contributed by atoms with Crippen LogP contribution >= 0.6 is 0 Å². The predicted molar refractivity (Wildman–Crippen MR) is 96.9 cm³/mol. The van der Waals surface area contributed by atoms with E-state index in [-0.39, 0.29) is 17.5 Å². The van der Waals surface area contributed by atoms with Crippen molar-refractivity contribution in [3.63, 3.8) is 0 Å². The number of benzene rings is 1. The summed E-state index contributed by atoms with van der Waals surface area (Å²) in [7, 11) is 1.29. The quantitative estimate of drug-likeness (QED) is 0.606. The molecule has 1 unspecified atom stereocenters. The highest BCUT2D eigenvalue weighted by Crippen LogP contribution is 2.23. The number of rotatable bonds is 7. The first-order chi connectivity index (χ1) is 12.3. The molecule has 26 heavy (non-hydrogen) atoms. The van der Waals surface area contributed by atoms with E-state index in [0.29, 0.717) is 17.7 Å². The smallest absolute Gasteiger partial charge is 0.328 e. The normalized spacial score (nSPS) is 11.9. The van der Waals surface area contributed by atoms with E-state index in [4.69, 9.17) is 9.15 Å². The minimum atomic E-state index is -0.726. The largest absolute Gasteiger partial charge is 0.467 e. The Balaban J connectivity index is 2.13. The average molecular weight is 357 g/mol. The van der Waals surface area contributed by atoms with Gasteiger partial charge in [-0.1, -0.05) is 38.1 Å². The van der Waals surface area contributed by atoms with E-state index < -0.39 is 17.9 Å². The maximum Gasteiger partial charge on any atom is 0.328 e. The summed E-state index contributed by atoms with van der Waals surface area (Å²) in [5, 5.41) is 2.65. The van der Waals surface area contributed by atoms with Crippen LogP contribution in [0.2, 0.25) is 0 Å². The number of methoxy groups -OCH3 is 1. The Bertz CT molecular complexity index is 789. The topological polar surface area (TPSA) is 85.6 Å². The summed E-state index contributed by atoms with van der Waals surface area (Å²) >= 11 is 0. The van der Waals surface area contributed by atoms with Crippen LogP contribution in [-0.4, -0.2) is 30.8 Å². The fourth-order valence-corrected chi connectivity index (χ4v) is 2.54. The van der Waals surface area contributed by atoms with Crippen molar-refractivity contribution in [1.82, 2.24) is 5.32 Å². The molecule has 0 saturated heterocycles. The molecule has 2 aromatic rings. The first-order valence-electron chi connectivity index (χ1n) is 8.41. The fourth-order valence-electron chi connectivity index (χ4n) is 2.54. The lowest BCUT2D eigenvalue weighted by Crippen LogP contribution is -2.42. The third-order valence-electron chi connectivity index (χ3n) is 3.90. The van der Waals surface area contributed by atoms with Crippen LogP contribution < -0.4 is 5.32 Å². The Labute approximate surface area is 152 Å². The number of ketones is 1. The number of hydrogen-bond donors (Lipinski definition) is 1. The van der Waals surface area contributed by atoms with Crippen LogP contribution in [0, 0.1) is 5.92 Å². The minimum absolute atomic E-state index is 0.0185. The first-order valence-corrected chi connectivity index (χ1v) is 8.41. The summed E-state index contributed by atoms with van der Waals surface area (Å²) in [5.41, 5.74) is 1.36. The van der Waals surface area contributed by atoms with E-state index in [1.165, 1.54) is 14.0 Å². The van der Waals surface area contributed by atoms with Crippen LogP contribution in [-0.2, 0) is 9.53 Å². The van der Waals surface area contributed by atoms with Crippen molar-refractivity contribution in [1.29, 1.82) is 0 Å². The second kappa shape index (κ2) is 8.47. The molecule has 6 nitrogen and oxygen atoms in total. The van der Waals surface area contributed by atoms with Gasteiger partial charge >= 0.3 is 5.97 Å². The van der Waals surface area contributed by atoms with Gasteiger partial charge in [0.25, 0.3) is 5.91 Å². The SMILES string of the molecule is COC(=O)C(CC(C)C)NC(=O)c1ccc(-c2ccc(C(C)=O)cc2)o1. The van der Waals surface area contributed by atoms with E-state index in [2.05, 4.69) is 5.32 Å². The molecule has 1 aromatic carbocycles. The van der Waals surface area contributed by atoms with Gasteiger partial charge in [-0.15, -0.1) is 0 Å². The van der Waals surface area contributed by atoms with Gasteiger partial charge in [0.15, 0.2) is 11.5 Å². The third-order valence-corrected chi connectivity index (χ3v) is 3.90. The van der Waals surface area contributed by atoms with Crippen LogP contribution in [0.3, 0.4) is 0 Å². The number of Topliss-reactive ketones (excluding diaryl/α,β-unsaturated/α-hetero) is 1. The second-order valence-electron chi connectivity index (χ2n) is 6.48. The van der Waals surface area contributed by atoms with Gasteiger partial charge in [0.1, 0.15) is 11.8 Å². The summed E-state index contributed by atoms with van der Waals surface area (Å²) in [4.78, 5) is 35.6. The summed E-state index contributed by atoms with van der Waals surface area (Å²) in [6.07, 6.45) is 0.471. The molecule has 0 aliphatic rings. The van der Waals surface area contributed by atoms with Crippen LogP contribution in [0.25, 0.3) is 11.3 Å². The number of carbonyl (C=O) groups is 3. The van der Waals surface area contributed by atoms with E-state index in [9.17, 15) is 14.4 Å². The highest BCUT2D eigenvalue weighted by Gasteiger charge is 2.24. The van der Waals surface area contributed by atoms with Crippen molar-refractivity contribution in [2.45, 2.75) is 33.2 Å². The molecule has 1 amide bonds. The molecule has 0 fully saturated rings. The lowest BCUT2D eigenvalue weighted by atomic mass is 10.0. The van der Waals surface area contributed by atoms with E-state index in [1.54, 1.807) is 36.4 Å². The zero-order valence-corrected chi connectivity index (χ0v) is 15.4. The van der Waals surface area contributed by atoms with Crippen LogP contribution in [0.5, 0.6) is 0 Å². The summed E-state index contributed by atoms with van der Waals surface area (Å²) in [6, 6.07) is 9.42. The summed E-state index contributed by atoms with van der Waals surface area (Å²) in [6.45, 7) is 5.41. The molecule has 1 N–H and O–H groups in total. The molecule has 0 spiro atoms. The van der Waals surface area contributed by atoms with Gasteiger partial charge in [-0.2, -0.15) is 0 Å². The molecule has 138 valence electrons. The summed E-state index contributed by atoms with van der Waals surface area (Å²) < 4.78 is 10.3. The molecule has 6 heteroatoms. The molecule has 1 heterocycles. The second-order valence-corrected chi connectivity index (χ2v) is 6.48. The third kappa shape index (κ3) is 4.81. The maximum atomic E-state index is 12.4. The van der Waals surface area contributed by atoms with Gasteiger partial charge in [0.05, 0.1) is 7.11 Å². The minimum Gasteiger partial charge on any atom is -0.467 e. The van der Waals surface area contributed by atoms with Crippen LogP contribution in [0.4, 0.5) is 0 Å². The molecule has 1 aromatic heterocycles. The van der Waals surface area contributed by atoms with Gasteiger partial charge < -0.3 is 14.5 Å². The van der Waals surface area contributed by atoms with Crippen LogP contribution in [0.1, 0.15) is 48.1 Å². The Hall–Kier alpha value is -2.89. The zero-order chi connectivity index (χ0) is 19.3. The molecule has 0 saturated carbocycles. The monoisotopic (exact) mass is 357 g/mol. The van der Waals surface area contributed by atoms with E-state index in [0.717, 1.165) is 5.56 Å². The van der Waals surface area contributed by atoms with Gasteiger partial charge in [-0.25, -0.2) is 4.79 Å². The van der Waals surface area contributed by atoms with Crippen molar-refractivity contribution in [2.75, 3.05) is 7.11 Å². The standard InChI is InChI=1S/C20H23NO5/c1-12(2)11-16(20(24)25-4)21-19(23)18-10-9-17(26-18)15-7-5-14(6-8-15)13(3)22/h5-10,12,16H,11H2,1-4H3,(H,21,23). The molecule has 0 aliphatic heterocycles. The Morgan fingerprint density at radius 1 is 1.08 bits per heavy atom. The van der Waals surface area contributed by atoms with E-state index in [1.807, 2.05) is 13.8 Å². The van der Waals surface area contributed by atoms with Gasteiger partial charge in [-0.05, 0) is 31.4 Å². The molecule has 1 atom stereocenters. The Morgan fingerprint density at radius 2 is 1.73 bits per heavy atom. The van der Waals surface area contributed by atoms with Crippen molar-refractivity contribution in [2.24, 2.45) is 5.92 Å². The predicted octanol–water partition coefficient (Wildman–Crippen LogP) is 3.47. The lowest BCUT2D eigenvalue weighted by molar-refractivity contribution is -0.143. The Kier molecular flexibility index (Phi) is 6.33. The van der Waals surface area contributed by atoms with Crippen LogP contribution in [0.15, 0.2) is 40.8 Å². The number of ether oxygens (including phenoxy) is 1. The van der Waals surface area contributed by atoms with Crippen molar-refractivity contribution in [3.05, 3.63) is 47.7 Å². The first kappa shape index (κ1) is 19.4. The Morgan fingerprint density at radius 3 is 2.27 bits per heavy atom. The lowest BCUT2D eigenvalue weighted by Gasteiger charge is -2.17. The van der Waals surface area contributed by atoms with Gasteiger partial charge in [0.2, 0.25) is 0 Å². The molecular weight excluding hydrogens is 334 g/mol. The number of amides is 1. The van der Waals surface area contributed by atoms with Crippen molar-refractivity contribution in [3.8, 4) is 11.3 Å². The zero-order valence-electron chi connectivity index (χ0n) is 15.4. The molecule has 2 rings (SSSR count). The number of esters is 1. The molecule has 0 aliphatic carbocycles. The van der Waals surface area contributed by atoms with Crippen molar-refractivity contribution < 1.29 is 23.5 Å². The number of nitrogens with one attached hydrogen (secondary N) is 1.